The first-order valence-corrected chi connectivity index (χ1v) is 3.82. The number of hydrogen-bond donors (Lipinski definition) is 1. The number of aromatic nitrogens is 2. The molecule has 1 N–H and O–H groups in total. The Morgan fingerprint density at radius 1 is 1.77 bits per heavy atom. The highest BCUT2D eigenvalue weighted by Gasteiger charge is 2.05. The second kappa shape index (κ2) is 3.95. The van der Waals surface area contributed by atoms with E-state index in [4.69, 9.17) is 5.11 Å². The van der Waals surface area contributed by atoms with Gasteiger partial charge in [0.15, 0.2) is 5.82 Å². The van der Waals surface area contributed by atoms with E-state index in [1.54, 1.807) is 24.9 Å². The molecule has 1 heterocycles. The van der Waals surface area contributed by atoms with Gasteiger partial charge in [-0.2, -0.15) is 5.10 Å². The van der Waals surface area contributed by atoms with Crippen molar-refractivity contribution < 1.29 is 5.11 Å². The molecule has 0 radical (unpaired) electrons. The van der Waals surface area contributed by atoms with E-state index < -0.39 is 0 Å². The van der Waals surface area contributed by atoms with E-state index in [0.717, 1.165) is 0 Å². The first-order valence-electron chi connectivity index (χ1n) is 3.82. The van der Waals surface area contributed by atoms with Gasteiger partial charge in [-0.25, -0.2) is 9.98 Å². The van der Waals surface area contributed by atoms with E-state index in [2.05, 4.69) is 21.8 Å². The summed E-state index contributed by atoms with van der Waals surface area (Å²) in [7, 11) is 1.76. The summed E-state index contributed by atoms with van der Waals surface area (Å²) in [5.41, 5.74) is 0.686. The molecule has 1 aromatic heterocycles. The van der Waals surface area contributed by atoms with Gasteiger partial charge in [-0.1, -0.05) is 0 Å². The van der Waals surface area contributed by atoms with Crippen molar-refractivity contribution in [3.05, 3.63) is 11.8 Å². The molecule has 0 unspecified atom stereocenters. The van der Waals surface area contributed by atoms with Crippen LogP contribution in [0.25, 0.3) is 0 Å². The lowest BCUT2D eigenvalue weighted by molar-refractivity contribution is 0.282. The molecule has 0 atom stereocenters. The van der Waals surface area contributed by atoms with Crippen LogP contribution in [0.5, 0.6) is 0 Å². The summed E-state index contributed by atoms with van der Waals surface area (Å²) in [6, 6.07) is 0. The molecule has 0 aliphatic heterocycles. The smallest absolute Gasteiger partial charge is 0.157 e. The quantitative estimate of drug-likeness (QED) is 0.537. The maximum atomic E-state index is 8.95. The van der Waals surface area contributed by atoms with Crippen molar-refractivity contribution >= 4 is 18.4 Å². The molecule has 5 heteroatoms. The summed E-state index contributed by atoms with van der Waals surface area (Å²) in [5.74, 6) is 1.17. The summed E-state index contributed by atoms with van der Waals surface area (Å²) in [6.07, 6.45) is 1.58. The van der Waals surface area contributed by atoms with E-state index in [1.165, 1.54) is 0 Å². The van der Waals surface area contributed by atoms with Crippen molar-refractivity contribution in [1.29, 1.82) is 0 Å². The summed E-state index contributed by atoms with van der Waals surface area (Å²) >= 11 is 0. The van der Waals surface area contributed by atoms with Gasteiger partial charge >= 0.3 is 0 Å². The summed E-state index contributed by atoms with van der Waals surface area (Å²) < 4.78 is 1.58. The number of aliphatic imine (C=N–C) groups is 2. The lowest BCUT2D eigenvalue weighted by Gasteiger charge is -1.97. The number of aliphatic hydroxyl groups excluding tert-OH is 1. The summed E-state index contributed by atoms with van der Waals surface area (Å²) in [4.78, 5) is 7.79. The second-order valence-corrected chi connectivity index (χ2v) is 2.59. The van der Waals surface area contributed by atoms with Gasteiger partial charge in [0.05, 0.1) is 12.8 Å². The molecule has 0 aromatic carbocycles. The van der Waals surface area contributed by atoms with Crippen LogP contribution in [0.1, 0.15) is 12.5 Å². The number of hydrogen-bond acceptors (Lipinski definition) is 3. The number of nitrogens with zero attached hydrogens (tertiary/aromatic N) is 4. The largest absolute Gasteiger partial charge is 0.391 e. The van der Waals surface area contributed by atoms with Gasteiger partial charge in [0.2, 0.25) is 0 Å². The Bertz CT molecular complexity index is 340. The van der Waals surface area contributed by atoms with Gasteiger partial charge in [0, 0.05) is 12.6 Å². The first kappa shape index (κ1) is 9.60. The third-order valence-corrected chi connectivity index (χ3v) is 1.65. The monoisotopic (exact) mass is 180 g/mol. The van der Waals surface area contributed by atoms with E-state index in [-0.39, 0.29) is 6.61 Å². The second-order valence-electron chi connectivity index (χ2n) is 2.59. The zero-order chi connectivity index (χ0) is 9.84. The van der Waals surface area contributed by atoms with Crippen molar-refractivity contribution in [2.45, 2.75) is 13.5 Å². The number of aliphatic hydroxyl groups is 1. The van der Waals surface area contributed by atoms with Crippen LogP contribution >= 0.6 is 0 Å². The fraction of sp³-hybridized carbons (Fsp3) is 0.375. The minimum Gasteiger partial charge on any atom is -0.391 e. The van der Waals surface area contributed by atoms with Gasteiger partial charge in [0.25, 0.3) is 0 Å². The average Bonchev–Trinajstić information content (AvgIpc) is 2.48. The molecule has 0 saturated carbocycles. The third kappa shape index (κ3) is 2.00. The molecule has 0 bridgehead atoms. The van der Waals surface area contributed by atoms with Crippen molar-refractivity contribution in [3.8, 4) is 0 Å². The van der Waals surface area contributed by atoms with Gasteiger partial charge in [-0.05, 0) is 13.6 Å². The lowest BCUT2D eigenvalue weighted by atomic mass is 10.3. The standard InChI is InChI=1S/C8H12N4O/c1-6(9-2)11-8-7(5-13)4-10-12(8)3/h4,13H,2,5H2,1,3H3. The van der Waals surface area contributed by atoms with Crippen LogP contribution in [0.2, 0.25) is 0 Å². The Kier molecular flexibility index (Phi) is 2.92. The third-order valence-electron chi connectivity index (χ3n) is 1.65. The molecular weight excluding hydrogens is 168 g/mol. The van der Waals surface area contributed by atoms with Crippen LogP contribution in [-0.4, -0.2) is 27.4 Å². The van der Waals surface area contributed by atoms with Crippen LogP contribution in [0, 0.1) is 0 Å². The number of amidine groups is 1. The normalized spacial score (nSPS) is 11.8. The zero-order valence-electron chi connectivity index (χ0n) is 7.73. The molecule has 0 saturated heterocycles. The van der Waals surface area contributed by atoms with Crippen molar-refractivity contribution in [3.63, 3.8) is 0 Å². The molecular formula is C8H12N4O. The molecule has 13 heavy (non-hydrogen) atoms. The zero-order valence-corrected chi connectivity index (χ0v) is 7.73. The Morgan fingerprint density at radius 2 is 2.46 bits per heavy atom. The minimum atomic E-state index is -0.0723. The topological polar surface area (TPSA) is 62.8 Å². The predicted molar refractivity (Wildman–Crippen MR) is 51.4 cm³/mol. The Labute approximate surface area is 76.4 Å². The molecule has 1 rings (SSSR count). The van der Waals surface area contributed by atoms with Crippen LogP contribution < -0.4 is 0 Å². The molecule has 70 valence electrons. The van der Waals surface area contributed by atoms with Gasteiger partial charge in [-0.3, -0.25) is 4.68 Å². The molecule has 0 spiro atoms. The van der Waals surface area contributed by atoms with Gasteiger partial charge in [0.1, 0.15) is 5.84 Å². The van der Waals surface area contributed by atoms with Gasteiger partial charge in [-0.15, -0.1) is 0 Å². The molecule has 0 amide bonds. The highest BCUT2D eigenvalue weighted by atomic mass is 16.3. The summed E-state index contributed by atoms with van der Waals surface area (Å²) in [5, 5.41) is 12.9. The van der Waals surface area contributed by atoms with Crippen LogP contribution in [-0.2, 0) is 13.7 Å². The molecule has 0 aliphatic carbocycles. The number of rotatable bonds is 2. The van der Waals surface area contributed by atoms with Crippen LogP contribution in [0.3, 0.4) is 0 Å². The predicted octanol–water partition coefficient (Wildman–Crippen LogP) is 0.663. The fourth-order valence-corrected chi connectivity index (χ4v) is 0.921. The van der Waals surface area contributed by atoms with Crippen LogP contribution in [0.4, 0.5) is 5.82 Å². The van der Waals surface area contributed by atoms with Crippen molar-refractivity contribution in [2.75, 3.05) is 0 Å². The van der Waals surface area contributed by atoms with E-state index in [1.807, 2.05) is 0 Å². The van der Waals surface area contributed by atoms with Gasteiger partial charge < -0.3 is 5.11 Å². The molecule has 5 nitrogen and oxygen atoms in total. The van der Waals surface area contributed by atoms with E-state index in [9.17, 15) is 0 Å². The molecule has 1 aromatic rings. The molecule has 0 fully saturated rings. The maximum Gasteiger partial charge on any atom is 0.157 e. The number of aryl methyl sites for hydroxylation is 1. The first-order chi connectivity index (χ1) is 6.19. The van der Waals surface area contributed by atoms with Crippen molar-refractivity contribution in [1.82, 2.24) is 9.78 Å². The average molecular weight is 180 g/mol. The maximum absolute atomic E-state index is 8.95. The van der Waals surface area contributed by atoms with E-state index in [0.29, 0.717) is 17.2 Å². The Morgan fingerprint density at radius 3 is 3.00 bits per heavy atom. The summed E-state index contributed by atoms with van der Waals surface area (Å²) in [6.45, 7) is 5.02. The Hall–Kier alpha value is -1.49. The Balaban J connectivity index is 3.11. The molecule has 0 aliphatic rings. The fourth-order valence-electron chi connectivity index (χ4n) is 0.921. The highest BCUT2D eigenvalue weighted by Crippen LogP contribution is 2.17. The lowest BCUT2D eigenvalue weighted by Crippen LogP contribution is -1.92. The SMILES string of the molecule is C=NC(C)=Nc1c(CO)cnn1C. The minimum absolute atomic E-state index is 0.0723. The van der Waals surface area contributed by atoms with E-state index >= 15 is 0 Å². The highest BCUT2D eigenvalue weighted by molar-refractivity contribution is 5.86. The van der Waals surface area contributed by atoms with Crippen molar-refractivity contribution in [2.24, 2.45) is 17.0 Å². The van der Waals surface area contributed by atoms with Crippen LogP contribution in [0.15, 0.2) is 16.2 Å².